The van der Waals surface area contributed by atoms with Crippen molar-refractivity contribution >= 4 is 33.5 Å². The molecule has 3 rings (SSSR count). The maximum atomic E-state index is 12.2. The minimum Gasteiger partial charge on any atom is -0.507 e. The third kappa shape index (κ3) is 5.11. The topological polar surface area (TPSA) is 80.2 Å². The van der Waals surface area contributed by atoms with Gasteiger partial charge in [-0.1, -0.05) is 24.3 Å². The first-order chi connectivity index (χ1) is 13.5. The van der Waals surface area contributed by atoms with E-state index in [-0.39, 0.29) is 11.7 Å². The second-order valence-electron chi connectivity index (χ2n) is 5.52. The largest absolute Gasteiger partial charge is 0.507 e. The normalized spacial score (nSPS) is 10.2. The molecule has 146 valence electrons. The van der Waals surface area contributed by atoms with E-state index in [1.807, 2.05) is 37.3 Å². The summed E-state index contributed by atoms with van der Waals surface area (Å²) in [4.78, 5) is 12.8. The number of phenols is 1. The third-order valence-corrected chi connectivity index (χ3v) is 4.67. The highest BCUT2D eigenvalue weighted by Gasteiger charge is 2.11. The van der Waals surface area contributed by atoms with Gasteiger partial charge in [0, 0.05) is 16.8 Å². The molecule has 0 spiro atoms. The molecule has 1 heterocycles. The lowest BCUT2D eigenvalue weighted by Gasteiger charge is -2.09. The van der Waals surface area contributed by atoms with E-state index in [2.05, 4.69) is 17.1 Å². The number of hydrazone groups is 1. The Morgan fingerprint density at radius 3 is 2.57 bits per heavy atom. The highest BCUT2D eigenvalue weighted by atomic mass is 32.1. The number of allylic oxidation sites excluding steroid dienone is 1. The lowest BCUT2D eigenvalue weighted by Crippen LogP contribution is -2.16. The van der Waals surface area contributed by atoms with E-state index in [0.717, 1.165) is 10.1 Å². The fourth-order valence-corrected chi connectivity index (χ4v) is 3.26. The van der Waals surface area contributed by atoms with E-state index in [9.17, 15) is 9.90 Å². The lowest BCUT2D eigenvalue weighted by atomic mass is 10.2. The fraction of sp³-hybridized carbons (Fsp3) is 0.143. The monoisotopic (exact) mass is 398 g/mol. The molecule has 0 saturated heterocycles. The summed E-state index contributed by atoms with van der Waals surface area (Å²) in [5.41, 5.74) is 2.81. The molecule has 28 heavy (non-hydrogen) atoms. The Labute approximate surface area is 167 Å². The minimum absolute atomic E-state index is 0.0592. The summed E-state index contributed by atoms with van der Waals surface area (Å²) in [6.45, 7) is 5.25. The Balaban J connectivity index is 0.000000878. The number of hydrogen-bond acceptors (Lipinski definition) is 6. The van der Waals surface area contributed by atoms with Crippen LogP contribution in [0.3, 0.4) is 0 Å². The number of ether oxygens (including phenoxy) is 2. The molecular weight excluding hydrogens is 376 g/mol. The summed E-state index contributed by atoms with van der Waals surface area (Å²) >= 11 is 1.39. The van der Waals surface area contributed by atoms with Crippen LogP contribution in [0.25, 0.3) is 10.1 Å². The molecule has 0 fully saturated rings. The van der Waals surface area contributed by atoms with Crippen molar-refractivity contribution in [1.82, 2.24) is 5.43 Å². The average Bonchev–Trinajstić information content (AvgIpc) is 3.13. The van der Waals surface area contributed by atoms with E-state index in [1.165, 1.54) is 37.8 Å². The van der Waals surface area contributed by atoms with Gasteiger partial charge in [0.25, 0.3) is 5.91 Å². The molecule has 3 aromatic rings. The molecule has 0 aliphatic rings. The number of nitrogens with one attached hydrogen (secondary N) is 1. The first-order valence-electron chi connectivity index (χ1n) is 8.38. The molecule has 1 amide bonds. The van der Waals surface area contributed by atoms with E-state index in [0.29, 0.717) is 21.9 Å². The Kier molecular flexibility index (Phi) is 7.59. The van der Waals surface area contributed by atoms with Crippen LogP contribution in [0, 0.1) is 0 Å². The van der Waals surface area contributed by atoms with Crippen molar-refractivity contribution in [2.45, 2.75) is 6.92 Å². The number of carbonyl (C=O) groups excluding carboxylic acids is 1. The van der Waals surface area contributed by atoms with Crippen molar-refractivity contribution in [3.8, 4) is 17.2 Å². The highest BCUT2D eigenvalue weighted by molar-refractivity contribution is 7.20. The molecule has 6 nitrogen and oxygen atoms in total. The molecule has 2 N–H and O–H groups in total. The Morgan fingerprint density at radius 2 is 1.93 bits per heavy atom. The standard InChI is InChI=1S/C18H16N2O4S.C3H6/c1-23-12-8-14(21)13(15(9-12)24-2)10-19-20-18(22)17-7-11-5-3-4-6-16(11)25-17;1-3-2/h3-10,21H,1-2H3,(H,20,22);3H,1H2,2H3/b19-10+;. The molecule has 0 saturated carbocycles. The van der Waals surface area contributed by atoms with Crippen LogP contribution in [-0.2, 0) is 0 Å². The van der Waals surface area contributed by atoms with Gasteiger partial charge in [0.15, 0.2) is 0 Å². The number of hydrogen-bond donors (Lipinski definition) is 2. The van der Waals surface area contributed by atoms with Gasteiger partial charge in [-0.25, -0.2) is 5.43 Å². The minimum atomic E-state index is -0.315. The second-order valence-corrected chi connectivity index (χ2v) is 6.60. The second kappa shape index (κ2) is 10.1. The Hall–Kier alpha value is -3.32. The van der Waals surface area contributed by atoms with Crippen molar-refractivity contribution in [2.24, 2.45) is 5.10 Å². The summed E-state index contributed by atoms with van der Waals surface area (Å²) in [6.07, 6.45) is 3.08. The third-order valence-electron chi connectivity index (χ3n) is 3.56. The van der Waals surface area contributed by atoms with Gasteiger partial charge in [0.05, 0.1) is 30.9 Å². The molecule has 0 radical (unpaired) electrons. The van der Waals surface area contributed by atoms with Gasteiger partial charge in [-0.3, -0.25) is 4.79 Å². The van der Waals surface area contributed by atoms with Crippen LogP contribution in [0.15, 0.2) is 60.2 Å². The molecular formula is C21H22N2O4S. The predicted octanol–water partition coefficient (Wildman–Crippen LogP) is 4.58. The van der Waals surface area contributed by atoms with Crippen LogP contribution in [0.1, 0.15) is 22.2 Å². The maximum Gasteiger partial charge on any atom is 0.281 e. The van der Waals surface area contributed by atoms with Crippen molar-refractivity contribution in [3.63, 3.8) is 0 Å². The molecule has 0 aliphatic carbocycles. The van der Waals surface area contributed by atoms with Crippen molar-refractivity contribution in [3.05, 3.63) is 65.6 Å². The lowest BCUT2D eigenvalue weighted by molar-refractivity contribution is 0.0959. The van der Waals surface area contributed by atoms with Crippen molar-refractivity contribution in [2.75, 3.05) is 14.2 Å². The van der Waals surface area contributed by atoms with Crippen LogP contribution >= 0.6 is 11.3 Å². The summed E-state index contributed by atoms with van der Waals surface area (Å²) in [5.74, 6) is 0.470. The van der Waals surface area contributed by atoms with E-state index in [4.69, 9.17) is 9.47 Å². The van der Waals surface area contributed by atoms with E-state index in [1.54, 1.807) is 12.1 Å². The number of benzene rings is 2. The van der Waals surface area contributed by atoms with Crippen LogP contribution in [0.2, 0.25) is 0 Å². The van der Waals surface area contributed by atoms with Crippen molar-refractivity contribution < 1.29 is 19.4 Å². The number of thiophene rings is 1. The summed E-state index contributed by atoms with van der Waals surface area (Å²) in [6, 6.07) is 12.6. The summed E-state index contributed by atoms with van der Waals surface area (Å²) < 4.78 is 11.3. The molecule has 0 aliphatic heterocycles. The number of amides is 1. The molecule has 1 aromatic heterocycles. The average molecular weight is 398 g/mol. The van der Waals surface area contributed by atoms with Crippen LogP contribution in [0.5, 0.6) is 17.2 Å². The van der Waals surface area contributed by atoms with Gasteiger partial charge in [0.1, 0.15) is 17.2 Å². The van der Waals surface area contributed by atoms with Crippen LogP contribution < -0.4 is 14.9 Å². The van der Waals surface area contributed by atoms with Crippen LogP contribution in [-0.4, -0.2) is 31.4 Å². The number of phenolic OH excluding ortho intramolecular Hbond substituents is 1. The van der Waals surface area contributed by atoms with E-state index >= 15 is 0 Å². The fourth-order valence-electron chi connectivity index (χ4n) is 2.31. The van der Waals surface area contributed by atoms with Crippen LogP contribution in [0.4, 0.5) is 0 Å². The first-order valence-corrected chi connectivity index (χ1v) is 9.19. The number of rotatable bonds is 5. The van der Waals surface area contributed by atoms with Gasteiger partial charge in [-0.2, -0.15) is 5.10 Å². The quantitative estimate of drug-likeness (QED) is 0.374. The Morgan fingerprint density at radius 1 is 1.21 bits per heavy atom. The smallest absolute Gasteiger partial charge is 0.281 e. The number of nitrogens with zero attached hydrogens (tertiary/aromatic N) is 1. The van der Waals surface area contributed by atoms with Gasteiger partial charge >= 0.3 is 0 Å². The van der Waals surface area contributed by atoms with E-state index < -0.39 is 0 Å². The van der Waals surface area contributed by atoms with Gasteiger partial charge in [0.2, 0.25) is 0 Å². The zero-order valence-corrected chi connectivity index (χ0v) is 16.7. The van der Waals surface area contributed by atoms with Gasteiger partial charge in [-0.15, -0.1) is 17.9 Å². The maximum absolute atomic E-state index is 12.2. The molecule has 2 aromatic carbocycles. The van der Waals surface area contributed by atoms with Crippen molar-refractivity contribution in [1.29, 1.82) is 0 Å². The number of carbonyl (C=O) groups is 1. The number of methoxy groups -OCH3 is 2. The zero-order chi connectivity index (χ0) is 20.5. The molecule has 0 bridgehead atoms. The summed E-state index contributed by atoms with van der Waals surface area (Å²) in [5, 5.41) is 15.0. The summed E-state index contributed by atoms with van der Waals surface area (Å²) in [7, 11) is 2.97. The molecule has 7 heteroatoms. The van der Waals surface area contributed by atoms with Gasteiger partial charge < -0.3 is 14.6 Å². The SMILES string of the molecule is C=CC.COc1cc(O)c(/C=N/NC(=O)c2cc3ccccc3s2)c(OC)c1. The number of aromatic hydroxyl groups is 1. The highest BCUT2D eigenvalue weighted by Crippen LogP contribution is 2.31. The Bertz CT molecular complexity index is 962. The molecule has 0 atom stereocenters. The predicted molar refractivity (Wildman–Crippen MR) is 114 cm³/mol. The first kappa shape index (κ1) is 21.0. The zero-order valence-electron chi connectivity index (χ0n) is 15.9. The molecule has 0 unspecified atom stereocenters. The number of fused-ring (bicyclic) bond motifs is 1. The van der Waals surface area contributed by atoms with Gasteiger partial charge in [-0.05, 0) is 24.4 Å².